The van der Waals surface area contributed by atoms with Crippen molar-refractivity contribution >= 4 is 5.96 Å². The van der Waals surface area contributed by atoms with Crippen molar-refractivity contribution in [1.29, 1.82) is 0 Å². The highest BCUT2D eigenvalue weighted by Gasteiger charge is 2.23. The van der Waals surface area contributed by atoms with E-state index in [2.05, 4.69) is 60.3 Å². The van der Waals surface area contributed by atoms with Crippen LogP contribution in [-0.4, -0.2) is 87.9 Å². The molecule has 1 aromatic rings. The largest absolute Gasteiger partial charge is 0.497 e. The van der Waals surface area contributed by atoms with Crippen molar-refractivity contribution in [3.05, 3.63) is 29.8 Å². The number of aliphatic imine (C=N–C) groups is 1. The lowest BCUT2D eigenvalue weighted by molar-refractivity contribution is 0.0179. The van der Waals surface area contributed by atoms with Crippen LogP contribution in [0, 0.1) is 0 Å². The highest BCUT2D eigenvalue weighted by atomic mass is 16.5. The number of hydrogen-bond acceptors (Lipinski definition) is 5. The Bertz CT molecular complexity index is 642. The summed E-state index contributed by atoms with van der Waals surface area (Å²) < 4.78 is 10.9. The van der Waals surface area contributed by atoms with Gasteiger partial charge in [-0.3, -0.25) is 9.89 Å². The molecule has 1 fully saturated rings. The zero-order valence-corrected chi connectivity index (χ0v) is 20.9. The molecule has 2 atom stereocenters. The molecule has 0 aliphatic carbocycles. The fourth-order valence-electron chi connectivity index (χ4n) is 4.11. The Morgan fingerprint density at radius 3 is 2.44 bits per heavy atom. The third-order valence-corrected chi connectivity index (χ3v) is 6.14. The highest BCUT2D eigenvalue weighted by molar-refractivity contribution is 5.80. The van der Waals surface area contributed by atoms with E-state index in [-0.39, 0.29) is 6.04 Å². The number of hydrogen-bond donors (Lipinski definition) is 2. The summed E-state index contributed by atoms with van der Waals surface area (Å²) in [7, 11) is 1.70. The van der Waals surface area contributed by atoms with Crippen molar-refractivity contribution < 1.29 is 9.47 Å². The molecule has 0 bridgehead atoms. The zero-order valence-electron chi connectivity index (χ0n) is 20.9. The summed E-state index contributed by atoms with van der Waals surface area (Å²) in [5, 5.41) is 7.04. The minimum Gasteiger partial charge on any atom is -0.497 e. The molecule has 32 heavy (non-hydrogen) atoms. The number of benzene rings is 1. The molecule has 1 aliphatic heterocycles. The van der Waals surface area contributed by atoms with E-state index >= 15 is 0 Å². The number of guanidine groups is 1. The summed E-state index contributed by atoms with van der Waals surface area (Å²) >= 11 is 0. The number of morpholine rings is 1. The molecule has 7 heteroatoms. The molecule has 1 aromatic carbocycles. The molecular weight excluding hydrogens is 402 g/mol. The molecule has 2 unspecified atom stereocenters. The molecule has 2 rings (SSSR count). The predicted molar refractivity (Wildman–Crippen MR) is 134 cm³/mol. The van der Waals surface area contributed by atoms with Crippen molar-refractivity contribution in [3.63, 3.8) is 0 Å². The monoisotopic (exact) mass is 447 g/mol. The van der Waals surface area contributed by atoms with E-state index in [1.165, 1.54) is 12.0 Å². The molecule has 182 valence electrons. The first-order valence-electron chi connectivity index (χ1n) is 12.3. The number of methoxy groups -OCH3 is 1. The molecule has 7 nitrogen and oxygen atoms in total. The van der Waals surface area contributed by atoms with Crippen LogP contribution in [0.15, 0.2) is 29.3 Å². The SMILES string of the molecule is CCNC(=NCC(c1ccc(OC)cc1)N1CCOCC1)NC(C)CCCN(CC)CC. The van der Waals surface area contributed by atoms with Gasteiger partial charge in [-0.1, -0.05) is 26.0 Å². The van der Waals surface area contributed by atoms with Crippen LogP contribution in [0.4, 0.5) is 0 Å². The molecule has 0 radical (unpaired) electrons. The van der Waals surface area contributed by atoms with Gasteiger partial charge in [0, 0.05) is 25.7 Å². The Hall–Kier alpha value is -1.83. The topological polar surface area (TPSA) is 61.4 Å². The van der Waals surface area contributed by atoms with Gasteiger partial charge in [-0.25, -0.2) is 0 Å². The Labute approximate surface area is 195 Å². The summed E-state index contributed by atoms with van der Waals surface area (Å²) in [6, 6.07) is 8.99. The van der Waals surface area contributed by atoms with Gasteiger partial charge in [0.15, 0.2) is 5.96 Å². The third kappa shape index (κ3) is 8.96. The van der Waals surface area contributed by atoms with Crippen LogP contribution >= 0.6 is 0 Å². The third-order valence-electron chi connectivity index (χ3n) is 6.14. The number of rotatable bonds is 13. The maximum absolute atomic E-state index is 5.58. The minimum atomic E-state index is 0.221. The van der Waals surface area contributed by atoms with E-state index in [1.54, 1.807) is 7.11 Å². The van der Waals surface area contributed by atoms with Crippen LogP contribution in [0.2, 0.25) is 0 Å². The van der Waals surface area contributed by atoms with Crippen LogP contribution < -0.4 is 15.4 Å². The van der Waals surface area contributed by atoms with Crippen LogP contribution in [0.25, 0.3) is 0 Å². The van der Waals surface area contributed by atoms with E-state index in [9.17, 15) is 0 Å². The zero-order chi connectivity index (χ0) is 23.2. The van der Waals surface area contributed by atoms with E-state index in [0.717, 1.165) is 70.6 Å². The summed E-state index contributed by atoms with van der Waals surface area (Å²) in [4.78, 5) is 9.95. The van der Waals surface area contributed by atoms with Gasteiger partial charge in [0.25, 0.3) is 0 Å². The molecule has 0 saturated carbocycles. The fourth-order valence-corrected chi connectivity index (χ4v) is 4.11. The Balaban J connectivity index is 2.02. The second-order valence-electron chi connectivity index (χ2n) is 8.37. The number of nitrogens with one attached hydrogen (secondary N) is 2. The maximum atomic E-state index is 5.58. The molecule has 0 amide bonds. The van der Waals surface area contributed by atoms with Crippen LogP contribution in [0.5, 0.6) is 5.75 Å². The normalized spacial score (nSPS) is 17.2. The summed E-state index contributed by atoms with van der Waals surface area (Å²) in [5.74, 6) is 1.78. The molecule has 1 aliphatic rings. The van der Waals surface area contributed by atoms with E-state index in [4.69, 9.17) is 14.5 Å². The van der Waals surface area contributed by atoms with E-state index < -0.39 is 0 Å². The standard InChI is InChI=1S/C25H45N5O2/c1-6-26-25(28-21(4)10-9-15-29(7-2)8-3)27-20-24(30-16-18-32-19-17-30)22-11-13-23(31-5)14-12-22/h11-14,21,24H,6-10,15-20H2,1-5H3,(H2,26,27,28). The molecule has 2 N–H and O–H groups in total. The predicted octanol–water partition coefficient (Wildman–Crippen LogP) is 3.13. The molecule has 1 saturated heterocycles. The lowest BCUT2D eigenvalue weighted by Gasteiger charge is -2.34. The molecular formula is C25H45N5O2. The van der Waals surface area contributed by atoms with Crippen molar-refractivity contribution in [1.82, 2.24) is 20.4 Å². The number of nitrogens with zero attached hydrogens (tertiary/aromatic N) is 3. The van der Waals surface area contributed by atoms with Crippen LogP contribution in [0.1, 0.15) is 52.1 Å². The Kier molecular flexibility index (Phi) is 12.5. The van der Waals surface area contributed by atoms with Gasteiger partial charge in [-0.2, -0.15) is 0 Å². The second kappa shape index (κ2) is 15.1. The van der Waals surface area contributed by atoms with Gasteiger partial charge in [0.2, 0.25) is 0 Å². The first kappa shape index (κ1) is 26.4. The quantitative estimate of drug-likeness (QED) is 0.358. The minimum absolute atomic E-state index is 0.221. The second-order valence-corrected chi connectivity index (χ2v) is 8.37. The average molecular weight is 448 g/mol. The van der Waals surface area contributed by atoms with Gasteiger partial charge in [0.1, 0.15) is 5.75 Å². The lowest BCUT2D eigenvalue weighted by atomic mass is 10.0. The van der Waals surface area contributed by atoms with Gasteiger partial charge in [-0.05, 0) is 64.0 Å². The smallest absolute Gasteiger partial charge is 0.191 e. The fraction of sp³-hybridized carbons (Fsp3) is 0.720. The van der Waals surface area contributed by atoms with Gasteiger partial charge in [0.05, 0.1) is 32.9 Å². The summed E-state index contributed by atoms with van der Waals surface area (Å²) in [6.07, 6.45) is 2.32. The Morgan fingerprint density at radius 1 is 1.16 bits per heavy atom. The summed E-state index contributed by atoms with van der Waals surface area (Å²) in [6.45, 7) is 17.2. The Morgan fingerprint density at radius 2 is 1.84 bits per heavy atom. The van der Waals surface area contributed by atoms with Crippen molar-refractivity contribution in [2.45, 2.75) is 52.6 Å². The van der Waals surface area contributed by atoms with Crippen molar-refractivity contribution in [2.24, 2.45) is 4.99 Å². The lowest BCUT2D eigenvalue weighted by Crippen LogP contribution is -2.44. The van der Waals surface area contributed by atoms with E-state index in [1.807, 2.05) is 12.1 Å². The van der Waals surface area contributed by atoms with Gasteiger partial charge >= 0.3 is 0 Å². The first-order chi connectivity index (χ1) is 15.6. The molecule has 1 heterocycles. The number of ether oxygens (including phenoxy) is 2. The summed E-state index contributed by atoms with van der Waals surface area (Å²) in [5.41, 5.74) is 1.26. The first-order valence-corrected chi connectivity index (χ1v) is 12.3. The van der Waals surface area contributed by atoms with Gasteiger partial charge in [-0.15, -0.1) is 0 Å². The van der Waals surface area contributed by atoms with Crippen LogP contribution in [-0.2, 0) is 4.74 Å². The molecule has 0 aromatic heterocycles. The van der Waals surface area contributed by atoms with Gasteiger partial charge < -0.3 is 25.0 Å². The van der Waals surface area contributed by atoms with Crippen molar-refractivity contribution in [3.8, 4) is 5.75 Å². The van der Waals surface area contributed by atoms with E-state index in [0.29, 0.717) is 12.6 Å². The average Bonchev–Trinajstić information content (AvgIpc) is 2.83. The maximum Gasteiger partial charge on any atom is 0.191 e. The van der Waals surface area contributed by atoms with Crippen molar-refractivity contribution in [2.75, 3.05) is 66.1 Å². The molecule has 0 spiro atoms. The van der Waals surface area contributed by atoms with Crippen LogP contribution in [0.3, 0.4) is 0 Å². The highest BCUT2D eigenvalue weighted by Crippen LogP contribution is 2.24.